The summed E-state index contributed by atoms with van der Waals surface area (Å²) in [5.41, 5.74) is 5.03. The van der Waals surface area contributed by atoms with Crippen LogP contribution in [0.4, 0.5) is 5.69 Å². The lowest BCUT2D eigenvalue weighted by Crippen LogP contribution is -2.20. The third-order valence-electron chi connectivity index (χ3n) is 5.58. The summed E-state index contributed by atoms with van der Waals surface area (Å²) in [5, 5.41) is 8.66. The van der Waals surface area contributed by atoms with E-state index in [9.17, 15) is 4.79 Å². The molecule has 5 aromatic rings. The van der Waals surface area contributed by atoms with Crippen LogP contribution in [0.5, 0.6) is 11.6 Å². The van der Waals surface area contributed by atoms with Crippen molar-refractivity contribution < 1.29 is 14.3 Å². The Morgan fingerprint density at radius 2 is 1.63 bits per heavy atom. The molecule has 0 aliphatic carbocycles. The number of nitrogens with one attached hydrogen (secondary N) is 1. The van der Waals surface area contributed by atoms with Crippen molar-refractivity contribution in [2.45, 2.75) is 6.92 Å². The van der Waals surface area contributed by atoms with Gasteiger partial charge >= 0.3 is 0 Å². The lowest BCUT2D eigenvalue weighted by Gasteiger charge is -2.09. The molecular weight excluding hydrogens is 440 g/mol. The first-order chi connectivity index (χ1) is 17.1. The van der Waals surface area contributed by atoms with Gasteiger partial charge in [0.1, 0.15) is 11.4 Å². The van der Waals surface area contributed by atoms with Crippen LogP contribution in [-0.2, 0) is 4.79 Å². The molecule has 2 heterocycles. The molecule has 0 bridgehead atoms. The van der Waals surface area contributed by atoms with Gasteiger partial charge in [0, 0.05) is 17.3 Å². The van der Waals surface area contributed by atoms with Crippen LogP contribution >= 0.6 is 0 Å². The predicted molar refractivity (Wildman–Crippen MR) is 136 cm³/mol. The van der Waals surface area contributed by atoms with E-state index in [0.29, 0.717) is 17.2 Å². The maximum atomic E-state index is 12.5. The molecule has 174 valence electrons. The lowest BCUT2D eigenvalue weighted by atomic mass is 10.1. The van der Waals surface area contributed by atoms with E-state index in [1.54, 1.807) is 31.4 Å². The predicted octanol–water partition coefficient (Wildman–Crippen LogP) is 5.42. The number of methoxy groups -OCH3 is 1. The SMILES string of the molecule is COc1ccc(NC(=O)COc2cc(C)c3c(-c4ccccc4)nn(-c4ccccc4)c3n2)cc1. The molecule has 2 aromatic heterocycles. The van der Waals surface area contributed by atoms with Crippen LogP contribution in [0.1, 0.15) is 5.56 Å². The zero-order valence-electron chi connectivity index (χ0n) is 19.4. The average Bonchev–Trinajstić information content (AvgIpc) is 3.29. The monoisotopic (exact) mass is 464 g/mol. The molecule has 0 atom stereocenters. The van der Waals surface area contributed by atoms with E-state index in [2.05, 4.69) is 5.32 Å². The summed E-state index contributed by atoms with van der Waals surface area (Å²) in [5.74, 6) is 0.796. The summed E-state index contributed by atoms with van der Waals surface area (Å²) in [6.45, 7) is 1.83. The van der Waals surface area contributed by atoms with Crippen molar-refractivity contribution in [2.24, 2.45) is 0 Å². The highest BCUT2D eigenvalue weighted by Gasteiger charge is 2.19. The van der Waals surface area contributed by atoms with Crippen molar-refractivity contribution in [1.82, 2.24) is 14.8 Å². The summed E-state index contributed by atoms with van der Waals surface area (Å²) < 4.78 is 12.7. The number of carbonyl (C=O) groups excluding carboxylic acids is 1. The summed E-state index contributed by atoms with van der Waals surface area (Å²) in [4.78, 5) is 17.2. The van der Waals surface area contributed by atoms with E-state index in [-0.39, 0.29) is 12.5 Å². The zero-order valence-corrected chi connectivity index (χ0v) is 19.4. The number of aromatic nitrogens is 3. The van der Waals surface area contributed by atoms with Crippen LogP contribution in [0.2, 0.25) is 0 Å². The summed E-state index contributed by atoms with van der Waals surface area (Å²) in [6.07, 6.45) is 0. The van der Waals surface area contributed by atoms with Gasteiger partial charge in [0.15, 0.2) is 12.3 Å². The number of anilines is 1. The number of hydrogen-bond donors (Lipinski definition) is 1. The van der Waals surface area contributed by atoms with Crippen LogP contribution in [0.25, 0.3) is 28.0 Å². The Kier molecular flexibility index (Phi) is 6.13. The third-order valence-corrected chi connectivity index (χ3v) is 5.58. The minimum absolute atomic E-state index is 0.172. The Balaban J connectivity index is 1.45. The quantitative estimate of drug-likeness (QED) is 0.348. The van der Waals surface area contributed by atoms with Gasteiger partial charge in [-0.25, -0.2) is 4.68 Å². The average molecular weight is 465 g/mol. The molecule has 3 aromatic carbocycles. The third kappa shape index (κ3) is 4.70. The van der Waals surface area contributed by atoms with Gasteiger partial charge in [-0.1, -0.05) is 48.5 Å². The number of rotatable bonds is 7. The standard InChI is InChI=1S/C28H24N4O3/c1-19-17-25(35-18-24(33)29-21-13-15-23(34-2)16-14-21)30-28-26(19)27(20-9-5-3-6-10-20)31-32(28)22-11-7-4-8-12-22/h3-17H,18H2,1-2H3,(H,29,33). The molecule has 0 radical (unpaired) electrons. The van der Waals surface area contributed by atoms with Crippen molar-refractivity contribution >= 4 is 22.6 Å². The van der Waals surface area contributed by atoms with Crippen LogP contribution in [0, 0.1) is 6.92 Å². The second kappa shape index (κ2) is 9.69. The van der Waals surface area contributed by atoms with Gasteiger partial charge in [-0.15, -0.1) is 0 Å². The van der Waals surface area contributed by atoms with Crippen molar-refractivity contribution in [2.75, 3.05) is 19.0 Å². The van der Waals surface area contributed by atoms with Gasteiger partial charge in [0.2, 0.25) is 5.88 Å². The van der Waals surface area contributed by atoms with Crippen LogP contribution < -0.4 is 14.8 Å². The molecule has 0 unspecified atom stereocenters. The van der Waals surface area contributed by atoms with Crippen molar-refractivity contribution in [1.29, 1.82) is 0 Å². The van der Waals surface area contributed by atoms with Crippen LogP contribution in [0.3, 0.4) is 0 Å². The number of carbonyl (C=O) groups is 1. The molecule has 1 N–H and O–H groups in total. The summed E-state index contributed by atoms with van der Waals surface area (Å²) in [6, 6.07) is 28.8. The van der Waals surface area contributed by atoms with Crippen molar-refractivity contribution in [3.05, 3.63) is 96.6 Å². The molecule has 0 saturated carbocycles. The van der Waals surface area contributed by atoms with Gasteiger partial charge < -0.3 is 14.8 Å². The first-order valence-corrected chi connectivity index (χ1v) is 11.2. The minimum atomic E-state index is -0.281. The van der Waals surface area contributed by atoms with E-state index < -0.39 is 0 Å². The topological polar surface area (TPSA) is 78.3 Å². The largest absolute Gasteiger partial charge is 0.497 e. The summed E-state index contributed by atoms with van der Waals surface area (Å²) in [7, 11) is 1.60. The van der Waals surface area contributed by atoms with Crippen molar-refractivity contribution in [3.8, 4) is 28.6 Å². The number of aryl methyl sites for hydroxylation is 1. The van der Waals surface area contributed by atoms with Gasteiger partial charge in [0.05, 0.1) is 18.2 Å². The molecule has 0 fully saturated rings. The smallest absolute Gasteiger partial charge is 0.262 e. The molecule has 1 amide bonds. The fourth-order valence-electron chi connectivity index (χ4n) is 3.90. The van der Waals surface area contributed by atoms with Crippen LogP contribution in [-0.4, -0.2) is 34.4 Å². The highest BCUT2D eigenvalue weighted by Crippen LogP contribution is 2.33. The van der Waals surface area contributed by atoms with E-state index in [1.807, 2.05) is 78.3 Å². The number of pyridine rings is 1. The zero-order chi connectivity index (χ0) is 24.2. The second-order valence-corrected chi connectivity index (χ2v) is 8.00. The molecule has 7 heteroatoms. The molecular formula is C28H24N4O3. The first kappa shape index (κ1) is 22.2. The highest BCUT2D eigenvalue weighted by molar-refractivity contribution is 5.95. The Morgan fingerprint density at radius 1 is 0.943 bits per heavy atom. The first-order valence-electron chi connectivity index (χ1n) is 11.2. The molecule has 0 aliphatic rings. The van der Waals surface area contributed by atoms with E-state index in [1.165, 1.54) is 0 Å². The second-order valence-electron chi connectivity index (χ2n) is 8.00. The maximum Gasteiger partial charge on any atom is 0.262 e. The summed E-state index contributed by atoms with van der Waals surface area (Å²) >= 11 is 0. The molecule has 35 heavy (non-hydrogen) atoms. The van der Waals surface area contributed by atoms with Gasteiger partial charge in [0.25, 0.3) is 5.91 Å². The Morgan fingerprint density at radius 3 is 2.31 bits per heavy atom. The molecule has 0 aliphatic heterocycles. The number of benzene rings is 3. The number of para-hydroxylation sites is 1. The van der Waals surface area contributed by atoms with Gasteiger partial charge in [-0.2, -0.15) is 10.1 Å². The number of fused-ring (bicyclic) bond motifs is 1. The normalized spacial score (nSPS) is 10.8. The molecule has 0 spiro atoms. The Labute approximate surface area is 203 Å². The van der Waals surface area contributed by atoms with Crippen molar-refractivity contribution in [3.63, 3.8) is 0 Å². The van der Waals surface area contributed by atoms with Gasteiger partial charge in [-0.3, -0.25) is 4.79 Å². The maximum absolute atomic E-state index is 12.5. The fourth-order valence-corrected chi connectivity index (χ4v) is 3.90. The Bertz CT molecular complexity index is 1460. The Hall–Kier alpha value is -4.65. The highest BCUT2D eigenvalue weighted by atomic mass is 16.5. The number of amides is 1. The molecule has 0 saturated heterocycles. The number of nitrogens with zero attached hydrogens (tertiary/aromatic N) is 3. The number of hydrogen-bond acceptors (Lipinski definition) is 5. The molecule has 5 rings (SSSR count). The van der Waals surface area contributed by atoms with E-state index >= 15 is 0 Å². The minimum Gasteiger partial charge on any atom is -0.497 e. The fraction of sp³-hybridized carbons (Fsp3) is 0.107. The van der Waals surface area contributed by atoms with Gasteiger partial charge in [-0.05, 0) is 48.9 Å². The van der Waals surface area contributed by atoms with E-state index in [0.717, 1.165) is 33.6 Å². The lowest BCUT2D eigenvalue weighted by molar-refractivity contribution is -0.118. The van der Waals surface area contributed by atoms with Crippen LogP contribution in [0.15, 0.2) is 91.0 Å². The molecule has 7 nitrogen and oxygen atoms in total. The number of ether oxygens (including phenoxy) is 2. The van der Waals surface area contributed by atoms with E-state index in [4.69, 9.17) is 19.6 Å².